The number of amides is 1. The fourth-order valence-corrected chi connectivity index (χ4v) is 6.70. The van der Waals surface area contributed by atoms with E-state index in [-0.39, 0.29) is 17.6 Å². The molecule has 0 atom stereocenters. The van der Waals surface area contributed by atoms with Gasteiger partial charge in [0.15, 0.2) is 0 Å². The van der Waals surface area contributed by atoms with Crippen LogP contribution < -0.4 is 10.2 Å². The van der Waals surface area contributed by atoms with Crippen molar-refractivity contribution in [2.24, 2.45) is 0 Å². The summed E-state index contributed by atoms with van der Waals surface area (Å²) in [5.41, 5.74) is 0.178. The second-order valence-electron chi connectivity index (χ2n) is 11.1. The number of rotatable bonds is 9. The van der Waals surface area contributed by atoms with Crippen LogP contribution in [0.2, 0.25) is 5.02 Å². The van der Waals surface area contributed by atoms with Gasteiger partial charge in [-0.1, -0.05) is 11.6 Å². The van der Waals surface area contributed by atoms with Gasteiger partial charge in [0, 0.05) is 75.7 Å². The topological polar surface area (TPSA) is 76.2 Å². The predicted molar refractivity (Wildman–Crippen MR) is 159 cm³/mol. The van der Waals surface area contributed by atoms with Crippen molar-refractivity contribution in [3.8, 4) is 0 Å². The first-order chi connectivity index (χ1) is 19.8. The third-order valence-corrected chi connectivity index (χ3v) is 10.0. The number of nitrogens with zero attached hydrogens (tertiary/aromatic N) is 4. The number of hydrogen-bond acceptors (Lipinski definition) is 6. The normalized spacial score (nSPS) is 17.9. The molecule has 4 rings (SSSR count). The van der Waals surface area contributed by atoms with E-state index >= 15 is 0 Å². The second-order valence-corrected chi connectivity index (χ2v) is 13.6. The van der Waals surface area contributed by atoms with E-state index in [1.165, 1.54) is 25.8 Å². The molecule has 2 saturated heterocycles. The Balaban J connectivity index is 1.22. The largest absolute Gasteiger partial charge is 0.417 e. The number of carbonyl (C=O) groups excluding carboxylic acids is 1. The van der Waals surface area contributed by atoms with Gasteiger partial charge >= 0.3 is 6.18 Å². The number of anilines is 2. The van der Waals surface area contributed by atoms with E-state index in [0.29, 0.717) is 32.4 Å². The van der Waals surface area contributed by atoms with Gasteiger partial charge in [-0.05, 0) is 81.2 Å². The first-order valence-electron chi connectivity index (χ1n) is 14.3. The maximum absolute atomic E-state index is 13.7. The third kappa shape index (κ3) is 8.30. The van der Waals surface area contributed by atoms with Gasteiger partial charge < -0.3 is 20.0 Å². The van der Waals surface area contributed by atoms with Crippen molar-refractivity contribution in [3.63, 3.8) is 0 Å². The Morgan fingerprint density at radius 2 is 1.69 bits per heavy atom. The predicted octanol–water partition coefficient (Wildman–Crippen LogP) is 5.00. The molecule has 8 nitrogen and oxygen atoms in total. The average Bonchev–Trinajstić information content (AvgIpc) is 3.19. The lowest BCUT2D eigenvalue weighted by Gasteiger charge is -2.33. The molecule has 13 heteroatoms. The van der Waals surface area contributed by atoms with Crippen LogP contribution in [0.15, 0.2) is 47.4 Å². The summed E-state index contributed by atoms with van der Waals surface area (Å²) in [6, 6.07) is 11.0. The number of carbonyl (C=O) groups is 1. The van der Waals surface area contributed by atoms with E-state index in [4.69, 9.17) is 11.6 Å². The highest BCUT2D eigenvalue weighted by Crippen LogP contribution is 2.37. The van der Waals surface area contributed by atoms with Crippen LogP contribution >= 0.6 is 11.6 Å². The molecular weight excluding hydrogens is 591 g/mol. The van der Waals surface area contributed by atoms with E-state index in [1.54, 1.807) is 0 Å². The smallest absolute Gasteiger partial charge is 0.382 e. The van der Waals surface area contributed by atoms with Crippen molar-refractivity contribution in [3.05, 3.63) is 53.1 Å². The van der Waals surface area contributed by atoms with Crippen LogP contribution in [0.5, 0.6) is 0 Å². The zero-order valence-corrected chi connectivity index (χ0v) is 25.6. The van der Waals surface area contributed by atoms with Crippen molar-refractivity contribution < 1.29 is 26.4 Å². The fourth-order valence-electron chi connectivity index (χ4n) is 5.49. The highest BCUT2D eigenvalue weighted by molar-refractivity contribution is 7.89. The van der Waals surface area contributed by atoms with Crippen LogP contribution in [0.3, 0.4) is 0 Å². The maximum Gasteiger partial charge on any atom is 0.417 e. The highest BCUT2D eigenvalue weighted by Gasteiger charge is 2.38. The quantitative estimate of drug-likeness (QED) is 0.421. The zero-order chi connectivity index (χ0) is 30.5. The lowest BCUT2D eigenvalue weighted by atomic mass is 10.0. The minimum absolute atomic E-state index is 0.101. The summed E-state index contributed by atoms with van der Waals surface area (Å²) in [4.78, 5) is 18.7. The summed E-state index contributed by atoms with van der Waals surface area (Å²) in [7, 11) is -1.86. The van der Waals surface area contributed by atoms with Gasteiger partial charge in [-0.25, -0.2) is 12.7 Å². The molecule has 42 heavy (non-hydrogen) atoms. The Bertz CT molecular complexity index is 1320. The van der Waals surface area contributed by atoms with Crippen molar-refractivity contribution in [1.29, 1.82) is 0 Å². The molecule has 232 valence electrons. The van der Waals surface area contributed by atoms with Crippen molar-refractivity contribution >= 4 is 38.9 Å². The maximum atomic E-state index is 13.7. The summed E-state index contributed by atoms with van der Waals surface area (Å²) < 4.78 is 66.8. The van der Waals surface area contributed by atoms with Gasteiger partial charge in [0.05, 0.1) is 10.5 Å². The van der Waals surface area contributed by atoms with Gasteiger partial charge in [-0.2, -0.15) is 13.2 Å². The van der Waals surface area contributed by atoms with Crippen molar-refractivity contribution in [2.45, 2.75) is 49.2 Å². The average molecular weight is 630 g/mol. The van der Waals surface area contributed by atoms with Crippen molar-refractivity contribution in [1.82, 2.24) is 14.1 Å². The molecule has 1 N–H and O–H groups in total. The lowest BCUT2D eigenvalue weighted by Crippen LogP contribution is -2.42. The number of piperidine rings is 1. The van der Waals surface area contributed by atoms with E-state index < -0.39 is 26.7 Å². The van der Waals surface area contributed by atoms with Crippen LogP contribution in [0, 0.1) is 0 Å². The summed E-state index contributed by atoms with van der Waals surface area (Å²) in [5, 5.41) is 3.83. The first kappa shape index (κ1) is 32.4. The molecule has 0 bridgehead atoms. The number of sulfonamides is 1. The van der Waals surface area contributed by atoms with Crippen LogP contribution in [0.25, 0.3) is 0 Å². The van der Waals surface area contributed by atoms with Gasteiger partial charge in [-0.15, -0.1) is 0 Å². The minimum Gasteiger partial charge on any atom is -0.382 e. The van der Waals surface area contributed by atoms with E-state index in [1.807, 2.05) is 29.2 Å². The molecule has 2 heterocycles. The molecule has 2 aromatic rings. The molecule has 0 aromatic heterocycles. The number of hydrogen-bond donors (Lipinski definition) is 1. The first-order valence-corrected chi connectivity index (χ1v) is 16.1. The molecule has 0 spiro atoms. The Labute approximate surface area is 251 Å². The molecule has 1 amide bonds. The molecular formula is C29H39ClF3N5O3S. The summed E-state index contributed by atoms with van der Waals surface area (Å²) in [6.07, 6.45) is -1.34. The Morgan fingerprint density at radius 3 is 2.33 bits per heavy atom. The zero-order valence-electron chi connectivity index (χ0n) is 24.0. The standard InChI is InChI=1S/C29H39ClF3N5O3S/c1-35(2)42(40,41)27-11-8-24(21-26(27)29(31,32)33)34-23-12-17-38(18-13-23)28(39)5-3-14-36-15-4-16-37(20-19-36)25-9-6-22(30)7-10-25/h6-11,21,23,34H,3-5,12-20H2,1-2H3. The molecule has 0 radical (unpaired) electrons. The molecule has 0 saturated carbocycles. The Kier molecular flexibility index (Phi) is 10.7. The number of nitrogens with one attached hydrogen (secondary N) is 1. The lowest BCUT2D eigenvalue weighted by molar-refractivity contribution is -0.140. The molecule has 2 aliphatic rings. The minimum atomic E-state index is -4.82. The highest BCUT2D eigenvalue weighted by atomic mass is 35.5. The Hall–Kier alpha value is -2.54. The van der Waals surface area contributed by atoms with Gasteiger partial charge in [-0.3, -0.25) is 4.79 Å². The van der Waals surface area contributed by atoms with Crippen molar-refractivity contribution in [2.75, 3.05) is 70.1 Å². The van der Waals surface area contributed by atoms with Gasteiger partial charge in [0.1, 0.15) is 0 Å². The monoisotopic (exact) mass is 629 g/mol. The summed E-state index contributed by atoms with van der Waals surface area (Å²) in [5.74, 6) is 0.101. The second kappa shape index (κ2) is 13.8. The SMILES string of the molecule is CN(C)S(=O)(=O)c1ccc(NC2CCN(C(=O)CCCN3CCCN(c4ccc(Cl)cc4)CC3)CC2)cc1C(F)(F)F. The molecule has 2 fully saturated rings. The number of alkyl halides is 3. The molecule has 2 aliphatic heterocycles. The van der Waals surface area contributed by atoms with Gasteiger partial charge in [0.25, 0.3) is 0 Å². The number of likely N-dealkylation sites (tertiary alicyclic amines) is 1. The van der Waals surface area contributed by atoms with Crippen LogP contribution in [-0.4, -0.2) is 94.4 Å². The van der Waals surface area contributed by atoms with E-state index in [9.17, 15) is 26.4 Å². The third-order valence-electron chi connectivity index (χ3n) is 7.91. The molecule has 0 unspecified atom stereocenters. The fraction of sp³-hybridized carbons (Fsp3) is 0.552. The Morgan fingerprint density at radius 1 is 1.00 bits per heavy atom. The molecule has 0 aliphatic carbocycles. The summed E-state index contributed by atoms with van der Waals surface area (Å²) >= 11 is 6.02. The summed E-state index contributed by atoms with van der Waals surface area (Å²) in [6.45, 7) is 5.75. The van der Waals surface area contributed by atoms with Crippen LogP contribution in [-0.2, 0) is 21.0 Å². The van der Waals surface area contributed by atoms with Gasteiger partial charge in [0.2, 0.25) is 15.9 Å². The van der Waals surface area contributed by atoms with E-state index in [0.717, 1.165) is 67.0 Å². The van der Waals surface area contributed by atoms with Crippen LogP contribution in [0.4, 0.5) is 24.5 Å². The van der Waals surface area contributed by atoms with E-state index in [2.05, 4.69) is 15.1 Å². The van der Waals surface area contributed by atoms with Crippen LogP contribution in [0.1, 0.15) is 37.7 Å². The number of benzene rings is 2. The number of halogens is 4. The molecule has 2 aromatic carbocycles.